The maximum absolute atomic E-state index is 13.1. The van der Waals surface area contributed by atoms with Gasteiger partial charge in [-0.2, -0.15) is 13.2 Å². The number of halogens is 4. The number of H-pyrrole nitrogens is 1. The van der Waals surface area contributed by atoms with Crippen molar-refractivity contribution in [3.63, 3.8) is 0 Å². The standard InChI is InChI=1S/C14H13ClF3N3O3S/c1-3-10(25-12-13(23)24-20-21(12)2)11(22)19-9-5-4-7(15)6-8(9)14(16,17)18/h4-6,10H,3H2,1-2H3,(H-,19,20,22,23)/p+1. The molecule has 0 saturated carbocycles. The first-order valence-electron chi connectivity index (χ1n) is 7.05. The van der Waals surface area contributed by atoms with E-state index in [0.29, 0.717) is 0 Å². The Bertz CT molecular complexity index is 835. The van der Waals surface area contributed by atoms with Crippen molar-refractivity contribution in [1.82, 2.24) is 5.27 Å². The van der Waals surface area contributed by atoms with Gasteiger partial charge in [0, 0.05) is 5.02 Å². The highest BCUT2D eigenvalue weighted by molar-refractivity contribution is 8.00. The van der Waals surface area contributed by atoms with E-state index in [1.54, 1.807) is 6.92 Å². The smallest absolute Gasteiger partial charge is 0.325 e. The van der Waals surface area contributed by atoms with E-state index < -0.39 is 34.2 Å². The molecule has 0 aliphatic carbocycles. The minimum atomic E-state index is -4.67. The third kappa shape index (κ3) is 4.57. The van der Waals surface area contributed by atoms with Crippen LogP contribution in [0.15, 0.2) is 32.5 Å². The van der Waals surface area contributed by atoms with Gasteiger partial charge in [-0.25, -0.2) is 4.79 Å². The molecule has 2 aromatic rings. The second kappa shape index (κ2) is 7.52. The van der Waals surface area contributed by atoms with Crippen molar-refractivity contribution < 1.29 is 27.2 Å². The molecule has 0 radical (unpaired) electrons. The van der Waals surface area contributed by atoms with Crippen LogP contribution in [0.25, 0.3) is 0 Å². The fourth-order valence-corrected chi connectivity index (χ4v) is 3.10. The van der Waals surface area contributed by atoms with Crippen molar-refractivity contribution in [2.45, 2.75) is 29.8 Å². The summed E-state index contributed by atoms with van der Waals surface area (Å²) in [5.74, 6) is -0.666. The molecule has 0 aliphatic heterocycles. The van der Waals surface area contributed by atoms with E-state index in [-0.39, 0.29) is 16.5 Å². The number of nitrogens with one attached hydrogen (secondary N) is 2. The van der Waals surface area contributed by atoms with Gasteiger partial charge in [-0.05, 0) is 41.7 Å². The van der Waals surface area contributed by atoms with Gasteiger partial charge in [0.2, 0.25) is 5.91 Å². The van der Waals surface area contributed by atoms with Crippen LogP contribution in [0.3, 0.4) is 0 Å². The van der Waals surface area contributed by atoms with Crippen LogP contribution in [-0.4, -0.2) is 16.4 Å². The van der Waals surface area contributed by atoms with Gasteiger partial charge in [0.1, 0.15) is 0 Å². The van der Waals surface area contributed by atoms with Crippen molar-refractivity contribution in [3.05, 3.63) is 39.2 Å². The van der Waals surface area contributed by atoms with E-state index in [2.05, 4.69) is 15.1 Å². The molecule has 1 aromatic carbocycles. The molecule has 136 valence electrons. The lowest BCUT2D eigenvalue weighted by molar-refractivity contribution is -0.772. The van der Waals surface area contributed by atoms with Gasteiger partial charge in [0.25, 0.3) is 0 Å². The Hall–Kier alpha value is -1.94. The number of aromatic amines is 1. The number of alkyl halides is 3. The highest BCUT2D eigenvalue weighted by atomic mass is 35.5. The minimum absolute atomic E-state index is 0.0938. The molecule has 0 bridgehead atoms. The SMILES string of the molecule is CCC(Sc1c(=O)o[nH][n+]1C)C(=O)Nc1ccc(Cl)cc1C(F)(F)F. The molecule has 2 N–H and O–H groups in total. The van der Waals surface area contributed by atoms with Crippen LogP contribution in [0.1, 0.15) is 18.9 Å². The van der Waals surface area contributed by atoms with Crippen LogP contribution in [0.5, 0.6) is 0 Å². The summed E-state index contributed by atoms with van der Waals surface area (Å²) < 4.78 is 45.2. The van der Waals surface area contributed by atoms with Gasteiger partial charge < -0.3 is 5.32 Å². The summed E-state index contributed by atoms with van der Waals surface area (Å²) in [5.41, 5.74) is -2.10. The first-order chi connectivity index (χ1) is 11.6. The minimum Gasteiger partial charge on any atom is -0.325 e. The van der Waals surface area contributed by atoms with E-state index >= 15 is 0 Å². The van der Waals surface area contributed by atoms with E-state index in [4.69, 9.17) is 11.6 Å². The van der Waals surface area contributed by atoms with E-state index in [1.165, 1.54) is 17.8 Å². The molecule has 2 rings (SSSR count). The van der Waals surface area contributed by atoms with Crippen LogP contribution in [0.2, 0.25) is 5.02 Å². The van der Waals surface area contributed by atoms with Gasteiger partial charge in [0.15, 0.2) is 7.05 Å². The van der Waals surface area contributed by atoms with Gasteiger partial charge in [0.05, 0.1) is 16.5 Å². The molecule has 25 heavy (non-hydrogen) atoms. The van der Waals surface area contributed by atoms with Crippen LogP contribution >= 0.6 is 23.4 Å². The molecule has 1 unspecified atom stereocenters. The Morgan fingerprint density at radius 1 is 1.48 bits per heavy atom. The third-order valence-electron chi connectivity index (χ3n) is 3.22. The van der Waals surface area contributed by atoms with Crippen molar-refractivity contribution in [2.75, 3.05) is 5.32 Å². The van der Waals surface area contributed by atoms with Crippen LogP contribution in [-0.2, 0) is 18.0 Å². The number of anilines is 1. The quantitative estimate of drug-likeness (QED) is 0.601. The molecule has 0 aliphatic rings. The van der Waals surface area contributed by atoms with E-state index in [0.717, 1.165) is 23.9 Å². The summed E-state index contributed by atoms with van der Waals surface area (Å²) in [6.07, 6.45) is -4.38. The van der Waals surface area contributed by atoms with Crippen LogP contribution in [0, 0.1) is 0 Å². The number of carbonyl (C=O) groups excluding carboxylic acids is 1. The Kier molecular flexibility index (Phi) is 5.83. The first-order valence-corrected chi connectivity index (χ1v) is 8.31. The number of aryl methyl sites for hydroxylation is 1. The molecule has 1 aromatic heterocycles. The summed E-state index contributed by atoms with van der Waals surface area (Å²) in [5, 5.41) is 3.81. The highest BCUT2D eigenvalue weighted by Gasteiger charge is 2.35. The van der Waals surface area contributed by atoms with Crippen molar-refractivity contribution in [2.24, 2.45) is 7.05 Å². The fraction of sp³-hybridized carbons (Fsp3) is 0.357. The number of hydrogen-bond acceptors (Lipinski definition) is 4. The summed E-state index contributed by atoms with van der Waals surface area (Å²) in [7, 11) is 1.51. The lowest BCUT2D eigenvalue weighted by Crippen LogP contribution is -2.36. The number of nitrogens with zero attached hydrogens (tertiary/aromatic N) is 1. The third-order valence-corrected chi connectivity index (χ3v) is 4.95. The first kappa shape index (κ1) is 19.4. The highest BCUT2D eigenvalue weighted by Crippen LogP contribution is 2.37. The number of hydrogen-bond donors (Lipinski definition) is 2. The monoisotopic (exact) mass is 396 g/mol. The molecule has 1 heterocycles. The lowest BCUT2D eigenvalue weighted by Gasteiger charge is -2.16. The Balaban J connectivity index is 2.25. The predicted octanol–water partition coefficient (Wildman–Crippen LogP) is 2.97. The Morgan fingerprint density at radius 3 is 2.68 bits per heavy atom. The maximum atomic E-state index is 13.1. The summed E-state index contributed by atoms with van der Waals surface area (Å²) in [6, 6.07) is 3.08. The number of thioether (sulfide) groups is 1. The number of amides is 1. The zero-order valence-electron chi connectivity index (χ0n) is 13.1. The molecule has 11 heteroatoms. The maximum Gasteiger partial charge on any atom is 0.441 e. The average molecular weight is 397 g/mol. The second-order valence-electron chi connectivity index (χ2n) is 5.04. The van der Waals surface area contributed by atoms with Gasteiger partial charge >= 0.3 is 16.8 Å². The Labute approximate surface area is 149 Å². The van der Waals surface area contributed by atoms with Crippen molar-refractivity contribution in [3.8, 4) is 0 Å². The molecule has 1 atom stereocenters. The molecule has 0 fully saturated rings. The molecule has 0 saturated heterocycles. The second-order valence-corrected chi connectivity index (χ2v) is 6.66. The van der Waals surface area contributed by atoms with E-state index in [9.17, 15) is 22.8 Å². The number of aromatic nitrogens is 2. The number of benzene rings is 1. The topological polar surface area (TPSA) is 79.0 Å². The molecule has 1 amide bonds. The fourth-order valence-electron chi connectivity index (χ4n) is 1.99. The summed E-state index contributed by atoms with van der Waals surface area (Å²) in [6.45, 7) is 1.68. The lowest BCUT2D eigenvalue weighted by atomic mass is 10.1. The van der Waals surface area contributed by atoms with Crippen molar-refractivity contribution in [1.29, 1.82) is 0 Å². The summed E-state index contributed by atoms with van der Waals surface area (Å²) >= 11 is 6.51. The molecule has 0 spiro atoms. The van der Waals surface area contributed by atoms with Crippen molar-refractivity contribution >= 4 is 35.0 Å². The number of rotatable bonds is 5. The zero-order valence-corrected chi connectivity index (χ0v) is 14.7. The normalized spacial score (nSPS) is 12.9. The van der Waals surface area contributed by atoms with Gasteiger partial charge in [-0.1, -0.05) is 23.2 Å². The summed E-state index contributed by atoms with van der Waals surface area (Å²) in [4.78, 5) is 23.9. The largest absolute Gasteiger partial charge is 0.441 e. The molecule has 6 nitrogen and oxygen atoms in total. The van der Waals surface area contributed by atoms with Crippen LogP contribution < -0.4 is 15.6 Å². The molecular weight excluding hydrogens is 383 g/mol. The number of carbonyl (C=O) groups is 1. The Morgan fingerprint density at radius 2 is 2.16 bits per heavy atom. The van der Waals surface area contributed by atoms with Gasteiger partial charge in [-0.15, -0.1) is 0 Å². The average Bonchev–Trinajstić information content (AvgIpc) is 2.84. The van der Waals surface area contributed by atoms with Gasteiger partial charge in [-0.3, -0.25) is 9.32 Å². The zero-order chi connectivity index (χ0) is 18.8. The van der Waals surface area contributed by atoms with E-state index in [1.807, 2.05) is 0 Å². The molecular formula is C14H14ClF3N3O3S+. The van der Waals surface area contributed by atoms with Crippen LogP contribution in [0.4, 0.5) is 18.9 Å². The predicted molar refractivity (Wildman–Crippen MR) is 85.5 cm³/mol.